The number of hydrogen-bond donors (Lipinski definition) is 0. The zero-order valence-corrected chi connectivity index (χ0v) is 10.7. The minimum Gasteiger partial charge on any atom is -0.452 e. The Labute approximate surface area is 103 Å². The van der Waals surface area contributed by atoms with Gasteiger partial charge in [0.1, 0.15) is 0 Å². The Bertz CT molecular complexity index is 285. The predicted molar refractivity (Wildman–Crippen MR) is 65.4 cm³/mol. The molecule has 0 N–H and O–H groups in total. The molecule has 0 aliphatic carbocycles. The van der Waals surface area contributed by atoms with E-state index in [2.05, 4.69) is 16.7 Å². The van der Waals surface area contributed by atoms with Crippen LogP contribution in [0.4, 0.5) is 0 Å². The summed E-state index contributed by atoms with van der Waals surface area (Å²) in [6.45, 7) is 8.34. The normalized spacial score (nSPS) is 16.4. The van der Waals surface area contributed by atoms with Gasteiger partial charge in [0, 0.05) is 19.5 Å². The average molecular weight is 239 g/mol. The number of carbonyl (C=O) groups excluding carboxylic acids is 1. The lowest BCUT2D eigenvalue weighted by Gasteiger charge is -2.24. The molecule has 0 bridgehead atoms. The number of ether oxygens (including phenoxy) is 2. The Morgan fingerprint density at radius 2 is 2.06 bits per heavy atom. The van der Waals surface area contributed by atoms with Gasteiger partial charge in [-0.3, -0.25) is 9.69 Å². The molecule has 0 aromatic rings. The maximum atomic E-state index is 11.2. The minimum absolute atomic E-state index is 0.166. The lowest BCUT2D eigenvalue weighted by atomic mass is 10.1. The Balaban J connectivity index is 2.07. The zero-order valence-electron chi connectivity index (χ0n) is 10.7. The molecule has 1 rings (SSSR count). The van der Waals surface area contributed by atoms with E-state index in [0.717, 1.165) is 32.8 Å². The van der Waals surface area contributed by atoms with E-state index in [1.807, 2.05) is 13.8 Å². The first-order chi connectivity index (χ1) is 8.18. The Morgan fingerprint density at radius 3 is 2.71 bits per heavy atom. The van der Waals surface area contributed by atoms with Gasteiger partial charge in [0.2, 0.25) is 0 Å². The van der Waals surface area contributed by atoms with E-state index >= 15 is 0 Å². The zero-order chi connectivity index (χ0) is 12.5. The fourth-order valence-corrected chi connectivity index (χ4v) is 1.49. The van der Waals surface area contributed by atoms with E-state index in [1.54, 1.807) is 0 Å². The summed E-state index contributed by atoms with van der Waals surface area (Å²) in [5.74, 6) is 6.04. The molecule has 1 saturated heterocycles. The van der Waals surface area contributed by atoms with Crippen LogP contribution in [0.25, 0.3) is 0 Å². The molecule has 0 unspecified atom stereocenters. The molecule has 0 spiro atoms. The van der Waals surface area contributed by atoms with Crippen molar-refractivity contribution in [2.24, 2.45) is 5.92 Å². The van der Waals surface area contributed by atoms with Crippen LogP contribution in [0, 0.1) is 17.8 Å². The number of morpholine rings is 1. The van der Waals surface area contributed by atoms with Gasteiger partial charge in [-0.2, -0.15) is 0 Å². The van der Waals surface area contributed by atoms with Crippen molar-refractivity contribution >= 4 is 5.97 Å². The summed E-state index contributed by atoms with van der Waals surface area (Å²) in [5, 5.41) is 0. The van der Waals surface area contributed by atoms with Crippen LogP contribution in [-0.4, -0.2) is 50.3 Å². The molecular weight excluding hydrogens is 218 g/mol. The SMILES string of the molecule is CC(C)CC(=O)OCC#CCN1CCOCC1. The number of rotatable bonds is 4. The van der Waals surface area contributed by atoms with Gasteiger partial charge in [0.05, 0.1) is 19.8 Å². The summed E-state index contributed by atoms with van der Waals surface area (Å²) in [4.78, 5) is 13.4. The van der Waals surface area contributed by atoms with E-state index in [0.29, 0.717) is 12.3 Å². The van der Waals surface area contributed by atoms with E-state index in [9.17, 15) is 4.79 Å². The second-order valence-electron chi connectivity index (χ2n) is 4.50. The summed E-state index contributed by atoms with van der Waals surface area (Å²) in [6.07, 6.45) is 0.463. The van der Waals surface area contributed by atoms with E-state index in [4.69, 9.17) is 9.47 Å². The quantitative estimate of drug-likeness (QED) is 0.540. The molecule has 1 aliphatic rings. The third kappa shape index (κ3) is 6.98. The second-order valence-corrected chi connectivity index (χ2v) is 4.50. The smallest absolute Gasteiger partial charge is 0.307 e. The average Bonchev–Trinajstić information content (AvgIpc) is 2.29. The van der Waals surface area contributed by atoms with Crippen molar-refractivity contribution < 1.29 is 14.3 Å². The highest BCUT2D eigenvalue weighted by atomic mass is 16.5. The molecule has 0 aromatic carbocycles. The van der Waals surface area contributed by atoms with Crippen LogP contribution in [-0.2, 0) is 14.3 Å². The largest absolute Gasteiger partial charge is 0.452 e. The van der Waals surface area contributed by atoms with E-state index in [-0.39, 0.29) is 12.6 Å². The Morgan fingerprint density at radius 1 is 1.35 bits per heavy atom. The summed E-state index contributed by atoms with van der Waals surface area (Å²) in [7, 11) is 0. The summed E-state index contributed by atoms with van der Waals surface area (Å²) in [6, 6.07) is 0. The van der Waals surface area contributed by atoms with Crippen LogP contribution in [0.2, 0.25) is 0 Å². The lowest BCUT2D eigenvalue weighted by molar-refractivity contribution is -0.143. The first-order valence-electron chi connectivity index (χ1n) is 6.10. The van der Waals surface area contributed by atoms with Gasteiger partial charge in [-0.05, 0) is 5.92 Å². The molecule has 4 nitrogen and oxygen atoms in total. The molecule has 0 radical (unpaired) electrons. The van der Waals surface area contributed by atoms with Crippen molar-refractivity contribution in [3.63, 3.8) is 0 Å². The monoisotopic (exact) mass is 239 g/mol. The van der Waals surface area contributed by atoms with Crippen LogP contribution in [0.1, 0.15) is 20.3 Å². The fourth-order valence-electron chi connectivity index (χ4n) is 1.49. The molecule has 4 heteroatoms. The van der Waals surface area contributed by atoms with Gasteiger partial charge in [-0.15, -0.1) is 0 Å². The van der Waals surface area contributed by atoms with Gasteiger partial charge in [-0.25, -0.2) is 0 Å². The molecular formula is C13H21NO3. The van der Waals surface area contributed by atoms with Crippen molar-refractivity contribution in [3.8, 4) is 11.8 Å². The number of nitrogens with zero attached hydrogens (tertiary/aromatic N) is 1. The van der Waals surface area contributed by atoms with Gasteiger partial charge in [-0.1, -0.05) is 25.7 Å². The van der Waals surface area contributed by atoms with Crippen molar-refractivity contribution in [2.45, 2.75) is 20.3 Å². The van der Waals surface area contributed by atoms with Crippen molar-refractivity contribution in [3.05, 3.63) is 0 Å². The van der Waals surface area contributed by atoms with Crippen molar-refractivity contribution in [1.82, 2.24) is 4.90 Å². The second kappa shape index (κ2) is 8.10. The molecule has 0 amide bonds. The van der Waals surface area contributed by atoms with Crippen LogP contribution in [0.15, 0.2) is 0 Å². The van der Waals surface area contributed by atoms with Gasteiger partial charge >= 0.3 is 5.97 Å². The van der Waals surface area contributed by atoms with Gasteiger partial charge < -0.3 is 9.47 Å². The summed E-state index contributed by atoms with van der Waals surface area (Å²) < 4.78 is 10.2. The Hall–Kier alpha value is -1.05. The molecule has 17 heavy (non-hydrogen) atoms. The highest BCUT2D eigenvalue weighted by Crippen LogP contribution is 2.00. The number of hydrogen-bond acceptors (Lipinski definition) is 4. The van der Waals surface area contributed by atoms with Crippen LogP contribution < -0.4 is 0 Å². The molecule has 0 aromatic heterocycles. The standard InChI is InChI=1S/C13H21NO3/c1-12(2)11-13(15)17-8-4-3-5-14-6-9-16-10-7-14/h12H,5-11H2,1-2H3. The van der Waals surface area contributed by atoms with E-state index < -0.39 is 0 Å². The highest BCUT2D eigenvalue weighted by molar-refractivity contribution is 5.69. The first kappa shape index (κ1) is 14.0. The number of esters is 1. The molecule has 0 saturated carbocycles. The topological polar surface area (TPSA) is 38.8 Å². The third-order valence-electron chi connectivity index (χ3n) is 2.41. The number of carbonyl (C=O) groups is 1. The fraction of sp³-hybridized carbons (Fsp3) is 0.769. The summed E-state index contributed by atoms with van der Waals surface area (Å²) in [5.41, 5.74) is 0. The molecule has 1 aliphatic heterocycles. The first-order valence-corrected chi connectivity index (χ1v) is 6.10. The highest BCUT2D eigenvalue weighted by Gasteiger charge is 2.07. The van der Waals surface area contributed by atoms with Crippen LogP contribution >= 0.6 is 0 Å². The lowest BCUT2D eigenvalue weighted by Crippen LogP contribution is -2.36. The summed E-state index contributed by atoms with van der Waals surface area (Å²) >= 11 is 0. The third-order valence-corrected chi connectivity index (χ3v) is 2.41. The van der Waals surface area contributed by atoms with Crippen LogP contribution in [0.3, 0.4) is 0 Å². The molecule has 1 heterocycles. The van der Waals surface area contributed by atoms with Gasteiger partial charge in [0.25, 0.3) is 0 Å². The molecule has 96 valence electrons. The van der Waals surface area contributed by atoms with Crippen LogP contribution in [0.5, 0.6) is 0 Å². The van der Waals surface area contributed by atoms with E-state index in [1.165, 1.54) is 0 Å². The molecule has 1 fully saturated rings. The maximum absolute atomic E-state index is 11.2. The minimum atomic E-state index is -0.166. The molecule has 0 atom stereocenters. The maximum Gasteiger partial charge on any atom is 0.307 e. The van der Waals surface area contributed by atoms with Crippen molar-refractivity contribution in [1.29, 1.82) is 0 Å². The van der Waals surface area contributed by atoms with Gasteiger partial charge in [0.15, 0.2) is 6.61 Å². The van der Waals surface area contributed by atoms with Crippen molar-refractivity contribution in [2.75, 3.05) is 39.5 Å². The Kier molecular flexibility index (Phi) is 6.68. The predicted octanol–water partition coefficient (Wildman–Crippen LogP) is 0.911.